The van der Waals surface area contributed by atoms with Gasteiger partial charge >= 0.3 is 12.1 Å². The van der Waals surface area contributed by atoms with Gasteiger partial charge in [-0.05, 0) is 42.5 Å². The quantitative estimate of drug-likeness (QED) is 0.810. The van der Waals surface area contributed by atoms with Gasteiger partial charge in [0.2, 0.25) is 0 Å². The lowest BCUT2D eigenvalue weighted by atomic mass is 10.1. The fraction of sp³-hybridized carbons (Fsp3) is 0.118. The number of anilines is 1. The molecule has 9 heteroatoms. The van der Waals surface area contributed by atoms with Crippen LogP contribution in [0.5, 0.6) is 0 Å². The van der Waals surface area contributed by atoms with Gasteiger partial charge in [-0.1, -0.05) is 11.6 Å². The number of benzene rings is 2. The third kappa shape index (κ3) is 4.97. The van der Waals surface area contributed by atoms with Crippen LogP contribution in [0.3, 0.4) is 0 Å². The number of halogens is 4. The number of nitrogens with zero attached hydrogens (tertiary/aromatic N) is 1. The highest BCUT2D eigenvalue weighted by Crippen LogP contribution is 2.36. The Balaban J connectivity index is 1.96. The van der Waals surface area contributed by atoms with Gasteiger partial charge in [-0.25, -0.2) is 4.79 Å². The summed E-state index contributed by atoms with van der Waals surface area (Å²) in [6, 6.07) is 10.3. The summed E-state index contributed by atoms with van der Waals surface area (Å²) in [6.07, 6.45) is -4.67. The number of hydrogen-bond donors (Lipinski definition) is 1. The van der Waals surface area contributed by atoms with Gasteiger partial charge in [-0.3, -0.25) is 4.79 Å². The third-order valence-electron chi connectivity index (χ3n) is 3.14. The molecule has 0 fully saturated rings. The summed E-state index contributed by atoms with van der Waals surface area (Å²) >= 11 is 5.49. The summed E-state index contributed by atoms with van der Waals surface area (Å²) in [7, 11) is 0. The SMILES string of the molecule is N#Cc1ccc(C(=O)OCC(=O)Nc2ccc(Cl)c(C(F)(F)F)c2)cc1. The zero-order valence-corrected chi connectivity index (χ0v) is 13.7. The van der Waals surface area contributed by atoms with Gasteiger partial charge in [0.15, 0.2) is 6.61 Å². The summed E-state index contributed by atoms with van der Waals surface area (Å²) < 4.78 is 43.1. The summed E-state index contributed by atoms with van der Waals surface area (Å²) in [5.41, 5.74) is -0.752. The predicted octanol–water partition coefficient (Wildman–Crippen LogP) is 4.03. The van der Waals surface area contributed by atoms with E-state index in [1.165, 1.54) is 30.3 Å². The van der Waals surface area contributed by atoms with Crippen LogP contribution in [0.25, 0.3) is 0 Å². The largest absolute Gasteiger partial charge is 0.452 e. The Kier molecular flexibility index (Phi) is 5.85. The number of carbonyl (C=O) groups excluding carboxylic acids is 2. The minimum atomic E-state index is -4.67. The highest BCUT2D eigenvalue weighted by atomic mass is 35.5. The molecule has 134 valence electrons. The van der Waals surface area contributed by atoms with Crippen molar-refractivity contribution in [3.05, 3.63) is 64.2 Å². The maximum Gasteiger partial charge on any atom is 0.417 e. The number of nitrogens with one attached hydrogen (secondary N) is 1. The molecule has 0 spiro atoms. The molecule has 0 saturated carbocycles. The molecule has 0 unspecified atom stereocenters. The van der Waals surface area contributed by atoms with E-state index in [-0.39, 0.29) is 11.3 Å². The van der Waals surface area contributed by atoms with Crippen LogP contribution in [0.15, 0.2) is 42.5 Å². The van der Waals surface area contributed by atoms with Crippen LogP contribution < -0.4 is 5.32 Å². The van der Waals surface area contributed by atoms with Crippen molar-refractivity contribution in [2.24, 2.45) is 0 Å². The number of hydrogen-bond acceptors (Lipinski definition) is 4. The molecule has 1 N–H and O–H groups in total. The summed E-state index contributed by atoms with van der Waals surface area (Å²) in [4.78, 5) is 23.5. The Bertz CT molecular complexity index is 874. The van der Waals surface area contributed by atoms with Crippen molar-refractivity contribution < 1.29 is 27.5 Å². The maximum atomic E-state index is 12.8. The average Bonchev–Trinajstić information content (AvgIpc) is 2.60. The summed E-state index contributed by atoms with van der Waals surface area (Å²) in [5, 5.41) is 10.4. The van der Waals surface area contributed by atoms with E-state index in [2.05, 4.69) is 5.32 Å². The van der Waals surface area contributed by atoms with Crippen LogP contribution in [-0.2, 0) is 15.7 Å². The van der Waals surface area contributed by atoms with Crippen LogP contribution in [0.1, 0.15) is 21.5 Å². The van der Waals surface area contributed by atoms with E-state index in [4.69, 9.17) is 21.6 Å². The molecule has 0 radical (unpaired) electrons. The molecule has 0 atom stereocenters. The van der Waals surface area contributed by atoms with Crippen LogP contribution >= 0.6 is 11.6 Å². The smallest absolute Gasteiger partial charge is 0.417 e. The van der Waals surface area contributed by atoms with Crippen LogP contribution in [-0.4, -0.2) is 18.5 Å². The van der Waals surface area contributed by atoms with E-state index in [1.807, 2.05) is 6.07 Å². The van der Waals surface area contributed by atoms with Crippen LogP contribution in [0.4, 0.5) is 18.9 Å². The van der Waals surface area contributed by atoms with E-state index in [9.17, 15) is 22.8 Å². The van der Waals surface area contributed by atoms with Crippen LogP contribution in [0.2, 0.25) is 5.02 Å². The fourth-order valence-electron chi connectivity index (χ4n) is 1.91. The summed E-state index contributed by atoms with van der Waals surface area (Å²) in [6.45, 7) is -0.692. The minimum Gasteiger partial charge on any atom is -0.452 e. The molecule has 0 bridgehead atoms. The van der Waals surface area contributed by atoms with Gasteiger partial charge < -0.3 is 10.1 Å². The lowest BCUT2D eigenvalue weighted by Gasteiger charge is -2.12. The zero-order valence-electron chi connectivity index (χ0n) is 12.9. The first-order chi connectivity index (χ1) is 12.2. The predicted molar refractivity (Wildman–Crippen MR) is 86.5 cm³/mol. The number of nitriles is 1. The molecule has 0 aromatic heterocycles. The van der Waals surface area contributed by atoms with E-state index in [0.717, 1.165) is 6.07 Å². The van der Waals surface area contributed by atoms with Crippen molar-refractivity contribution in [1.29, 1.82) is 5.26 Å². The molecule has 0 heterocycles. The first kappa shape index (κ1) is 19.3. The number of ether oxygens (including phenoxy) is 1. The average molecular weight is 383 g/mol. The topological polar surface area (TPSA) is 79.2 Å². The van der Waals surface area contributed by atoms with Crippen molar-refractivity contribution in [3.63, 3.8) is 0 Å². The number of esters is 1. The van der Waals surface area contributed by atoms with Crippen molar-refractivity contribution in [2.75, 3.05) is 11.9 Å². The second kappa shape index (κ2) is 7.89. The zero-order chi connectivity index (χ0) is 19.3. The molecule has 1 amide bonds. The van der Waals surface area contributed by atoms with Gasteiger partial charge in [0.1, 0.15) is 0 Å². The van der Waals surface area contributed by atoms with Gasteiger partial charge in [0.25, 0.3) is 5.91 Å². The van der Waals surface area contributed by atoms with Gasteiger partial charge in [-0.2, -0.15) is 18.4 Å². The first-order valence-corrected chi connectivity index (χ1v) is 7.42. The molecule has 5 nitrogen and oxygen atoms in total. The molecule has 0 aliphatic carbocycles. The van der Waals surface area contributed by atoms with Crippen molar-refractivity contribution in [2.45, 2.75) is 6.18 Å². The molecule has 2 rings (SSSR count). The number of rotatable bonds is 4. The molecule has 0 aliphatic heterocycles. The lowest BCUT2D eigenvalue weighted by Crippen LogP contribution is -2.21. The van der Waals surface area contributed by atoms with E-state index >= 15 is 0 Å². The van der Waals surface area contributed by atoms with E-state index in [1.54, 1.807) is 0 Å². The van der Waals surface area contributed by atoms with Crippen molar-refractivity contribution >= 4 is 29.2 Å². The van der Waals surface area contributed by atoms with E-state index in [0.29, 0.717) is 11.6 Å². The maximum absolute atomic E-state index is 12.8. The van der Waals surface area contributed by atoms with Crippen molar-refractivity contribution in [3.8, 4) is 6.07 Å². The number of carbonyl (C=O) groups is 2. The minimum absolute atomic E-state index is 0.127. The Morgan fingerprint density at radius 2 is 1.81 bits per heavy atom. The second-order valence-electron chi connectivity index (χ2n) is 5.01. The molecular formula is C17H10ClF3N2O3. The van der Waals surface area contributed by atoms with Crippen LogP contribution in [0, 0.1) is 11.3 Å². The lowest BCUT2D eigenvalue weighted by molar-refractivity contribution is -0.137. The Hall–Kier alpha value is -3.05. The summed E-state index contributed by atoms with van der Waals surface area (Å²) in [5.74, 6) is -1.63. The van der Waals surface area contributed by atoms with Gasteiger partial charge in [-0.15, -0.1) is 0 Å². The second-order valence-corrected chi connectivity index (χ2v) is 5.41. The Morgan fingerprint density at radius 3 is 2.38 bits per heavy atom. The first-order valence-electron chi connectivity index (χ1n) is 7.04. The number of alkyl halides is 3. The standard InChI is InChI=1S/C17H10ClF3N2O3/c18-14-6-5-12(7-13(14)17(19,20)21)23-15(24)9-26-16(25)11-3-1-10(8-22)2-4-11/h1-7H,9H2,(H,23,24). The molecule has 2 aromatic rings. The fourth-order valence-corrected chi connectivity index (χ4v) is 2.14. The normalized spacial score (nSPS) is 10.7. The monoisotopic (exact) mass is 382 g/mol. The molecule has 0 saturated heterocycles. The number of amides is 1. The Labute approximate surface area is 150 Å². The van der Waals surface area contributed by atoms with E-state index < -0.39 is 35.2 Å². The van der Waals surface area contributed by atoms with Gasteiger partial charge in [0.05, 0.1) is 27.8 Å². The van der Waals surface area contributed by atoms with Crippen molar-refractivity contribution in [1.82, 2.24) is 0 Å². The molecule has 26 heavy (non-hydrogen) atoms. The third-order valence-corrected chi connectivity index (χ3v) is 3.47. The highest BCUT2D eigenvalue weighted by Gasteiger charge is 2.33. The highest BCUT2D eigenvalue weighted by molar-refractivity contribution is 6.31. The molecule has 2 aromatic carbocycles. The Morgan fingerprint density at radius 1 is 1.15 bits per heavy atom. The molecular weight excluding hydrogens is 373 g/mol. The molecule has 0 aliphatic rings. The van der Waals surface area contributed by atoms with Gasteiger partial charge in [0, 0.05) is 5.69 Å².